The van der Waals surface area contributed by atoms with Gasteiger partial charge in [-0.25, -0.2) is 0 Å². The molecule has 0 aromatic carbocycles. The van der Waals surface area contributed by atoms with Gasteiger partial charge in [0.25, 0.3) is 0 Å². The second-order valence-corrected chi connectivity index (χ2v) is 7.56. The molecule has 0 saturated carbocycles. The van der Waals surface area contributed by atoms with Crippen molar-refractivity contribution >= 4 is 39.1 Å². The molecule has 1 aromatic rings. The Hall–Kier alpha value is -0.920. The van der Waals surface area contributed by atoms with Crippen LogP contribution in [0.4, 0.5) is 0 Å². The van der Waals surface area contributed by atoms with Gasteiger partial charge in [-0.2, -0.15) is 0 Å². The SMILES string of the molecule is C[C@@H](C(=O)N(CC(=O)O)C1CCOCC1)c1ccc(Br)s1. The van der Waals surface area contributed by atoms with Crippen LogP contribution >= 0.6 is 27.3 Å². The zero-order chi connectivity index (χ0) is 15.4. The molecule has 1 fully saturated rings. The fraction of sp³-hybridized carbons (Fsp3) is 0.571. The highest BCUT2D eigenvalue weighted by Gasteiger charge is 2.31. The Bertz CT molecular complexity index is 513. The van der Waals surface area contributed by atoms with Gasteiger partial charge in [-0.05, 0) is 47.8 Å². The first kappa shape index (κ1) is 16.5. The van der Waals surface area contributed by atoms with Gasteiger partial charge in [0, 0.05) is 24.1 Å². The van der Waals surface area contributed by atoms with Crippen LogP contribution in [0.3, 0.4) is 0 Å². The molecule has 5 nitrogen and oxygen atoms in total. The number of hydrogen-bond acceptors (Lipinski definition) is 4. The Kier molecular flexibility index (Phi) is 5.78. The lowest BCUT2D eigenvalue weighted by molar-refractivity contribution is -0.148. The van der Waals surface area contributed by atoms with Crippen molar-refractivity contribution < 1.29 is 19.4 Å². The molecular weight excluding hydrogens is 358 g/mol. The summed E-state index contributed by atoms with van der Waals surface area (Å²) in [4.78, 5) is 26.2. The predicted molar refractivity (Wildman–Crippen MR) is 83.6 cm³/mol. The fourth-order valence-electron chi connectivity index (χ4n) is 2.46. The van der Waals surface area contributed by atoms with Crippen LogP contribution in [-0.2, 0) is 14.3 Å². The summed E-state index contributed by atoms with van der Waals surface area (Å²) in [5.41, 5.74) is 0. The van der Waals surface area contributed by atoms with Gasteiger partial charge in [0.05, 0.1) is 9.70 Å². The van der Waals surface area contributed by atoms with E-state index in [0.29, 0.717) is 26.1 Å². The molecule has 2 heterocycles. The lowest BCUT2D eigenvalue weighted by Gasteiger charge is -2.34. The minimum atomic E-state index is -0.977. The highest BCUT2D eigenvalue weighted by molar-refractivity contribution is 9.11. The summed E-state index contributed by atoms with van der Waals surface area (Å²) in [6.07, 6.45) is 1.39. The van der Waals surface area contributed by atoms with E-state index in [1.54, 1.807) is 0 Å². The molecule has 1 atom stereocenters. The first-order valence-corrected chi connectivity index (χ1v) is 8.45. The van der Waals surface area contributed by atoms with E-state index in [0.717, 1.165) is 8.66 Å². The summed E-state index contributed by atoms with van der Waals surface area (Å²) in [6, 6.07) is 3.76. The Morgan fingerprint density at radius 1 is 1.48 bits per heavy atom. The van der Waals surface area contributed by atoms with Crippen molar-refractivity contribution in [1.82, 2.24) is 4.90 Å². The first-order chi connectivity index (χ1) is 9.99. The molecule has 1 aliphatic rings. The maximum atomic E-state index is 12.7. The van der Waals surface area contributed by atoms with Gasteiger partial charge in [0.15, 0.2) is 0 Å². The van der Waals surface area contributed by atoms with Gasteiger partial charge >= 0.3 is 5.97 Å². The number of aliphatic carboxylic acids is 1. The number of thiophene rings is 1. The van der Waals surface area contributed by atoms with Crippen molar-refractivity contribution in [2.24, 2.45) is 0 Å². The maximum Gasteiger partial charge on any atom is 0.323 e. The van der Waals surface area contributed by atoms with E-state index in [1.807, 2.05) is 19.1 Å². The minimum absolute atomic E-state index is 0.0480. The Balaban J connectivity index is 2.14. The van der Waals surface area contributed by atoms with E-state index in [-0.39, 0.29) is 24.4 Å². The number of nitrogens with zero attached hydrogens (tertiary/aromatic N) is 1. The second-order valence-electron chi connectivity index (χ2n) is 5.07. The maximum absolute atomic E-state index is 12.7. The molecule has 1 N–H and O–H groups in total. The third-order valence-electron chi connectivity index (χ3n) is 3.61. The molecule has 0 radical (unpaired) electrons. The van der Waals surface area contributed by atoms with Crippen molar-refractivity contribution in [3.05, 3.63) is 20.8 Å². The average Bonchev–Trinajstić information content (AvgIpc) is 2.90. The summed E-state index contributed by atoms with van der Waals surface area (Å²) in [5.74, 6) is -1.43. The zero-order valence-electron chi connectivity index (χ0n) is 11.8. The molecule has 1 saturated heterocycles. The third-order valence-corrected chi connectivity index (χ3v) is 5.42. The van der Waals surface area contributed by atoms with Crippen LogP contribution in [0.5, 0.6) is 0 Å². The number of halogens is 1. The molecule has 116 valence electrons. The molecule has 1 amide bonds. The number of hydrogen-bond donors (Lipinski definition) is 1. The third kappa shape index (κ3) is 4.28. The number of carbonyl (C=O) groups excluding carboxylic acids is 1. The molecule has 0 unspecified atom stereocenters. The van der Waals surface area contributed by atoms with Crippen molar-refractivity contribution in [3.63, 3.8) is 0 Å². The summed E-state index contributed by atoms with van der Waals surface area (Å²) >= 11 is 4.89. The van der Waals surface area contributed by atoms with Gasteiger partial charge in [0.1, 0.15) is 6.54 Å². The first-order valence-electron chi connectivity index (χ1n) is 6.84. The van der Waals surface area contributed by atoms with Gasteiger partial charge in [-0.3, -0.25) is 9.59 Å². The molecule has 0 bridgehead atoms. The lowest BCUT2D eigenvalue weighted by atomic mass is 10.0. The molecular formula is C14H18BrNO4S. The molecule has 0 aliphatic carbocycles. The standard InChI is InChI=1S/C14H18BrNO4S/c1-9(11-2-3-12(15)21-11)14(19)16(8-13(17)18)10-4-6-20-7-5-10/h2-3,9-10H,4-8H2,1H3,(H,17,18)/t9-/m1/s1. The number of rotatable bonds is 5. The van der Waals surface area contributed by atoms with Crippen molar-refractivity contribution in [1.29, 1.82) is 0 Å². The van der Waals surface area contributed by atoms with Crippen LogP contribution < -0.4 is 0 Å². The molecule has 1 aliphatic heterocycles. The van der Waals surface area contributed by atoms with Crippen molar-refractivity contribution in [3.8, 4) is 0 Å². The van der Waals surface area contributed by atoms with Crippen LogP contribution in [0, 0.1) is 0 Å². The summed E-state index contributed by atoms with van der Waals surface area (Å²) in [7, 11) is 0. The number of amides is 1. The van der Waals surface area contributed by atoms with E-state index in [9.17, 15) is 9.59 Å². The van der Waals surface area contributed by atoms with Crippen LogP contribution in [0.15, 0.2) is 15.9 Å². The zero-order valence-corrected chi connectivity index (χ0v) is 14.2. The largest absolute Gasteiger partial charge is 0.480 e. The normalized spacial score (nSPS) is 17.4. The van der Waals surface area contributed by atoms with Gasteiger partial charge in [-0.1, -0.05) is 0 Å². The number of carboxylic acids is 1. The second kappa shape index (κ2) is 7.38. The highest BCUT2D eigenvalue weighted by Crippen LogP contribution is 2.30. The Morgan fingerprint density at radius 2 is 2.14 bits per heavy atom. The fourth-order valence-corrected chi connectivity index (χ4v) is 3.93. The van der Waals surface area contributed by atoms with Crippen LogP contribution in [0.1, 0.15) is 30.6 Å². The van der Waals surface area contributed by atoms with Crippen LogP contribution in [0.25, 0.3) is 0 Å². The van der Waals surface area contributed by atoms with E-state index in [2.05, 4.69) is 15.9 Å². The number of carboxylic acid groups (broad SMARTS) is 1. The smallest absolute Gasteiger partial charge is 0.323 e. The highest BCUT2D eigenvalue weighted by atomic mass is 79.9. The van der Waals surface area contributed by atoms with Crippen molar-refractivity contribution in [2.45, 2.75) is 31.7 Å². The average molecular weight is 376 g/mol. The van der Waals surface area contributed by atoms with Gasteiger partial charge in [0.2, 0.25) is 5.91 Å². The number of ether oxygens (including phenoxy) is 1. The monoisotopic (exact) mass is 375 g/mol. The van der Waals surface area contributed by atoms with E-state index < -0.39 is 5.97 Å². The van der Waals surface area contributed by atoms with Gasteiger partial charge < -0.3 is 14.7 Å². The number of carbonyl (C=O) groups is 2. The van der Waals surface area contributed by atoms with Crippen molar-refractivity contribution in [2.75, 3.05) is 19.8 Å². The summed E-state index contributed by atoms with van der Waals surface area (Å²) in [5, 5.41) is 9.09. The van der Waals surface area contributed by atoms with E-state index in [1.165, 1.54) is 16.2 Å². The lowest BCUT2D eigenvalue weighted by Crippen LogP contribution is -2.47. The summed E-state index contributed by atoms with van der Waals surface area (Å²) < 4.78 is 6.26. The molecule has 0 spiro atoms. The molecule has 7 heteroatoms. The van der Waals surface area contributed by atoms with Crippen LogP contribution in [0.2, 0.25) is 0 Å². The molecule has 2 rings (SSSR count). The Labute approximate surface area is 136 Å². The quantitative estimate of drug-likeness (QED) is 0.858. The van der Waals surface area contributed by atoms with E-state index >= 15 is 0 Å². The molecule has 1 aromatic heterocycles. The molecule has 21 heavy (non-hydrogen) atoms. The van der Waals surface area contributed by atoms with Crippen LogP contribution in [-0.4, -0.2) is 47.7 Å². The predicted octanol–water partition coefficient (Wildman–Crippen LogP) is 2.71. The topological polar surface area (TPSA) is 66.8 Å². The van der Waals surface area contributed by atoms with Gasteiger partial charge in [-0.15, -0.1) is 11.3 Å². The minimum Gasteiger partial charge on any atom is -0.480 e. The van der Waals surface area contributed by atoms with E-state index in [4.69, 9.17) is 9.84 Å². The Morgan fingerprint density at radius 3 is 2.67 bits per heavy atom. The summed E-state index contributed by atoms with van der Waals surface area (Å²) in [6.45, 7) is 2.73.